The zero-order chi connectivity index (χ0) is 44.7. The van der Waals surface area contributed by atoms with E-state index >= 15 is 0 Å². The van der Waals surface area contributed by atoms with Crippen LogP contribution in [-0.2, 0) is 0 Å². The second-order valence-electron chi connectivity index (χ2n) is 18.8. The van der Waals surface area contributed by atoms with Gasteiger partial charge in [-0.25, -0.2) is 0 Å². The average molecular weight is 877 g/mol. The maximum atomic E-state index is 2.51. The standard InChI is InChI=1S/C60H62B2Ge/c1-39-31-43(5)57(44(6)32-39)61(58-45(7)33-40(2)34-46(58)8)51-23-27-55(28-24-51)63(53-19-15-13-16-20-53,54-21-17-14-18-22-54)56-29-25-52(26-30-56)62(59-47(9)35-41(3)36-48(59)10)60-49(11)37-42(4)38-50(60)12/h13-38H,1-12H3. The molecule has 0 saturated heterocycles. The second-order valence-corrected chi connectivity index (χ2v) is 26.8. The molecule has 63 heavy (non-hydrogen) atoms. The summed E-state index contributed by atoms with van der Waals surface area (Å²) in [6.07, 6.45) is 0. The van der Waals surface area contributed by atoms with Crippen LogP contribution in [0.2, 0.25) is 0 Å². The molecule has 0 bridgehead atoms. The van der Waals surface area contributed by atoms with Crippen molar-refractivity contribution >= 4 is 77.1 Å². The van der Waals surface area contributed by atoms with Crippen molar-refractivity contribution in [3.63, 3.8) is 0 Å². The van der Waals surface area contributed by atoms with Crippen LogP contribution in [0.3, 0.4) is 0 Å². The SMILES string of the molecule is Cc1cc(C)c(B(c2cc[c]([Ge]([c]3ccccc3)([c]3ccccc3)[c]3ccc(B(c4c(C)cc(C)cc4C)c4c(C)cc(C)cc4C)cc3)cc2)c2c(C)cc(C)cc2C)c(C)c1. The molecule has 0 amide bonds. The van der Waals surface area contributed by atoms with Gasteiger partial charge < -0.3 is 0 Å². The molecular weight excluding hydrogens is 815 g/mol. The van der Waals surface area contributed by atoms with E-state index in [9.17, 15) is 0 Å². The Morgan fingerprint density at radius 1 is 0.254 bits per heavy atom. The first kappa shape index (κ1) is 44.1. The average Bonchev–Trinajstić information content (AvgIpc) is 3.23. The number of rotatable bonds is 10. The van der Waals surface area contributed by atoms with Crippen molar-refractivity contribution in [3.05, 3.63) is 224 Å². The van der Waals surface area contributed by atoms with Crippen LogP contribution in [0.1, 0.15) is 66.8 Å². The minimum absolute atomic E-state index is 0.120. The molecule has 0 saturated carbocycles. The topological polar surface area (TPSA) is 0 Å². The van der Waals surface area contributed by atoms with Crippen LogP contribution in [0, 0.1) is 83.1 Å². The van der Waals surface area contributed by atoms with Crippen LogP contribution in [0.15, 0.2) is 158 Å². The number of benzene rings is 8. The second kappa shape index (κ2) is 17.9. The molecule has 0 aromatic heterocycles. The van der Waals surface area contributed by atoms with Crippen molar-refractivity contribution in [3.8, 4) is 0 Å². The summed E-state index contributed by atoms with van der Waals surface area (Å²) in [5, 5.41) is 0. The van der Waals surface area contributed by atoms with E-state index in [0.717, 1.165) is 0 Å². The van der Waals surface area contributed by atoms with Gasteiger partial charge in [-0.2, -0.15) is 0 Å². The third-order valence-corrected chi connectivity index (χ3v) is 23.9. The van der Waals surface area contributed by atoms with Crippen LogP contribution < -0.4 is 50.4 Å². The molecule has 0 radical (unpaired) electrons. The van der Waals surface area contributed by atoms with Gasteiger partial charge in [0.05, 0.1) is 0 Å². The first-order valence-corrected chi connectivity index (χ1v) is 27.0. The molecule has 0 heterocycles. The van der Waals surface area contributed by atoms with Gasteiger partial charge in [-0.05, 0) is 0 Å². The van der Waals surface area contributed by atoms with Crippen molar-refractivity contribution in [1.82, 2.24) is 0 Å². The molecular formula is C60H62B2Ge. The van der Waals surface area contributed by atoms with Crippen molar-refractivity contribution in [2.45, 2.75) is 83.1 Å². The Morgan fingerprint density at radius 2 is 0.460 bits per heavy atom. The Hall–Kier alpha value is -5.57. The molecule has 8 aromatic rings. The normalized spacial score (nSPS) is 11.5. The molecule has 312 valence electrons. The van der Waals surface area contributed by atoms with E-state index < -0.39 is 13.3 Å². The van der Waals surface area contributed by atoms with Crippen LogP contribution in [0.4, 0.5) is 0 Å². The molecule has 0 atom stereocenters. The number of aryl methyl sites for hydroxylation is 12. The Kier molecular flexibility index (Phi) is 12.5. The summed E-state index contributed by atoms with van der Waals surface area (Å²) in [5.74, 6) is 0. The summed E-state index contributed by atoms with van der Waals surface area (Å²) < 4.78 is 5.74. The van der Waals surface area contributed by atoms with E-state index in [1.54, 1.807) is 0 Å². The zero-order valence-electron chi connectivity index (χ0n) is 39.7. The fourth-order valence-electron chi connectivity index (χ4n) is 11.8. The van der Waals surface area contributed by atoms with E-state index in [1.807, 2.05) is 0 Å². The van der Waals surface area contributed by atoms with Crippen LogP contribution in [0.25, 0.3) is 0 Å². The van der Waals surface area contributed by atoms with Crippen LogP contribution in [-0.4, -0.2) is 26.7 Å². The Balaban J connectivity index is 1.36. The summed E-state index contributed by atoms with van der Waals surface area (Å²) in [4.78, 5) is 0. The summed E-state index contributed by atoms with van der Waals surface area (Å²) in [5.41, 5.74) is 24.5. The Labute approximate surface area is 382 Å². The van der Waals surface area contributed by atoms with E-state index in [2.05, 4.69) is 241 Å². The molecule has 0 unspecified atom stereocenters. The molecule has 0 nitrogen and oxygen atoms in total. The fourth-order valence-corrected chi connectivity index (χ4v) is 21.7. The van der Waals surface area contributed by atoms with Crippen molar-refractivity contribution in [1.29, 1.82) is 0 Å². The van der Waals surface area contributed by atoms with Gasteiger partial charge in [-0.15, -0.1) is 0 Å². The van der Waals surface area contributed by atoms with Crippen LogP contribution in [0.5, 0.6) is 0 Å². The Bertz CT molecular complexity index is 2530. The van der Waals surface area contributed by atoms with Gasteiger partial charge in [0, 0.05) is 0 Å². The molecule has 8 rings (SSSR count). The van der Waals surface area contributed by atoms with Crippen molar-refractivity contribution in [2.24, 2.45) is 0 Å². The number of hydrogen-bond acceptors (Lipinski definition) is 0. The van der Waals surface area contributed by atoms with E-state index in [4.69, 9.17) is 0 Å². The molecule has 0 spiro atoms. The van der Waals surface area contributed by atoms with Gasteiger partial charge in [-0.1, -0.05) is 0 Å². The zero-order valence-corrected chi connectivity index (χ0v) is 41.8. The Morgan fingerprint density at radius 3 is 0.683 bits per heavy atom. The third-order valence-electron chi connectivity index (χ3n) is 13.9. The van der Waals surface area contributed by atoms with Gasteiger partial charge >= 0.3 is 385 Å². The first-order chi connectivity index (χ1) is 30.2. The summed E-state index contributed by atoms with van der Waals surface area (Å²) in [7, 11) is 0. The van der Waals surface area contributed by atoms with Gasteiger partial charge in [0.1, 0.15) is 0 Å². The minimum atomic E-state index is -3.64. The number of hydrogen-bond donors (Lipinski definition) is 0. The maximum absolute atomic E-state index is 3.64. The summed E-state index contributed by atoms with van der Waals surface area (Å²) in [6.45, 7) is 27.5. The summed E-state index contributed by atoms with van der Waals surface area (Å²) >= 11 is -3.64. The van der Waals surface area contributed by atoms with Gasteiger partial charge in [-0.3, -0.25) is 0 Å². The molecule has 0 N–H and O–H groups in total. The predicted molar refractivity (Wildman–Crippen MR) is 282 cm³/mol. The van der Waals surface area contributed by atoms with Crippen LogP contribution >= 0.6 is 0 Å². The third kappa shape index (κ3) is 8.24. The quantitative estimate of drug-likeness (QED) is 0.123. The summed E-state index contributed by atoms with van der Waals surface area (Å²) in [6, 6.07) is 61.7. The fraction of sp³-hybridized carbons (Fsp3) is 0.200. The van der Waals surface area contributed by atoms with Crippen molar-refractivity contribution in [2.75, 3.05) is 0 Å². The van der Waals surface area contributed by atoms with Gasteiger partial charge in [0.15, 0.2) is 0 Å². The van der Waals surface area contributed by atoms with Gasteiger partial charge in [0.25, 0.3) is 0 Å². The predicted octanol–water partition coefficient (Wildman–Crippen LogP) is 7.80. The van der Waals surface area contributed by atoms with Crippen molar-refractivity contribution < 1.29 is 0 Å². The molecule has 0 aliphatic rings. The monoisotopic (exact) mass is 878 g/mol. The van der Waals surface area contributed by atoms with E-state index in [1.165, 1.54) is 117 Å². The van der Waals surface area contributed by atoms with E-state index in [0.29, 0.717) is 0 Å². The molecule has 8 aromatic carbocycles. The molecule has 0 fully saturated rings. The molecule has 0 aliphatic carbocycles. The van der Waals surface area contributed by atoms with Gasteiger partial charge in [0.2, 0.25) is 0 Å². The molecule has 3 heteroatoms. The van der Waals surface area contributed by atoms with E-state index in [-0.39, 0.29) is 13.4 Å². The molecule has 0 aliphatic heterocycles. The first-order valence-electron chi connectivity index (χ1n) is 22.8.